The van der Waals surface area contributed by atoms with Crippen LogP contribution in [0.1, 0.15) is 69.2 Å². The Kier molecular flexibility index (Phi) is 6.85. The minimum atomic E-state index is -2.62. The zero-order valence-corrected chi connectivity index (χ0v) is 19.0. The van der Waals surface area contributed by atoms with Gasteiger partial charge in [0.05, 0.1) is 6.61 Å². The van der Waals surface area contributed by atoms with E-state index in [-0.39, 0.29) is 6.61 Å². The molecule has 0 aromatic carbocycles. The first-order chi connectivity index (χ1) is 12.8. The molecular weight excluding hydrogens is 384 g/mol. The molecule has 1 rings (SSSR count). The lowest BCUT2D eigenvalue weighted by atomic mass is 9.79. The first-order valence-electron chi connectivity index (χ1n) is 9.53. The predicted octanol–water partition coefficient (Wildman–Crippen LogP) is 1.87. The van der Waals surface area contributed by atoms with Crippen LogP contribution in [0.15, 0.2) is 0 Å². The molecule has 3 atom stereocenters. The van der Waals surface area contributed by atoms with Gasteiger partial charge in [-0.15, -0.1) is 0 Å². The van der Waals surface area contributed by atoms with E-state index >= 15 is 0 Å². The van der Waals surface area contributed by atoms with E-state index in [4.69, 9.17) is 23.7 Å². The highest BCUT2D eigenvalue weighted by atomic mass is 16.8. The van der Waals surface area contributed by atoms with Gasteiger partial charge in [0.25, 0.3) is 0 Å². The average molecular weight is 418 g/mol. The summed E-state index contributed by atoms with van der Waals surface area (Å²) in [4.78, 5) is 38.9. The van der Waals surface area contributed by atoms with Gasteiger partial charge in [-0.25, -0.2) is 14.4 Å². The maximum absolute atomic E-state index is 13.3. The van der Waals surface area contributed by atoms with Gasteiger partial charge in [0, 0.05) is 0 Å². The molecule has 0 aliphatic carbocycles. The number of carbonyl (C=O) groups excluding carboxylic acids is 3. The fraction of sp³-hybridized carbons (Fsp3) is 0.850. The molecule has 1 fully saturated rings. The predicted molar refractivity (Wildman–Crippen MR) is 102 cm³/mol. The highest BCUT2D eigenvalue weighted by Gasteiger charge is 2.74. The Morgan fingerprint density at radius 3 is 1.86 bits per heavy atom. The van der Waals surface area contributed by atoms with Crippen molar-refractivity contribution in [3.8, 4) is 0 Å². The number of rotatable bonds is 5. The van der Waals surface area contributed by atoms with Crippen molar-refractivity contribution in [1.29, 1.82) is 0 Å². The minimum Gasteiger partial charge on any atom is -0.464 e. The summed E-state index contributed by atoms with van der Waals surface area (Å²) in [5, 5.41) is 11.2. The average Bonchev–Trinajstić information content (AvgIpc) is 2.77. The van der Waals surface area contributed by atoms with E-state index < -0.39 is 52.2 Å². The third kappa shape index (κ3) is 5.46. The van der Waals surface area contributed by atoms with Crippen LogP contribution in [-0.4, -0.2) is 63.9 Å². The van der Waals surface area contributed by atoms with Crippen molar-refractivity contribution >= 4 is 17.9 Å². The van der Waals surface area contributed by atoms with Gasteiger partial charge in [-0.2, -0.15) is 0 Å². The zero-order chi connectivity index (χ0) is 23.1. The van der Waals surface area contributed by atoms with E-state index in [9.17, 15) is 19.5 Å². The van der Waals surface area contributed by atoms with Crippen LogP contribution in [0.5, 0.6) is 0 Å². The molecule has 0 spiro atoms. The van der Waals surface area contributed by atoms with Crippen molar-refractivity contribution < 1.29 is 43.2 Å². The van der Waals surface area contributed by atoms with Crippen LogP contribution in [0, 0.1) is 0 Å². The van der Waals surface area contributed by atoms with Crippen LogP contribution in [0.4, 0.5) is 0 Å². The molecule has 1 aliphatic heterocycles. The topological polar surface area (TPSA) is 118 Å². The van der Waals surface area contributed by atoms with E-state index in [1.807, 2.05) is 0 Å². The highest BCUT2D eigenvalue weighted by molar-refractivity contribution is 5.98. The van der Waals surface area contributed by atoms with Crippen molar-refractivity contribution in [3.63, 3.8) is 0 Å². The molecule has 168 valence electrons. The van der Waals surface area contributed by atoms with E-state index in [2.05, 4.69) is 0 Å². The molecule has 0 saturated carbocycles. The molecule has 1 heterocycles. The number of esters is 3. The Morgan fingerprint density at radius 1 is 0.966 bits per heavy atom. The Morgan fingerprint density at radius 2 is 1.45 bits per heavy atom. The summed E-state index contributed by atoms with van der Waals surface area (Å²) in [6.45, 7) is 15.1. The van der Waals surface area contributed by atoms with Gasteiger partial charge < -0.3 is 28.8 Å². The highest BCUT2D eigenvalue weighted by Crippen LogP contribution is 2.46. The lowest BCUT2D eigenvalue weighted by Crippen LogP contribution is -2.70. The smallest absolute Gasteiger partial charge is 0.346 e. The fourth-order valence-corrected chi connectivity index (χ4v) is 2.88. The van der Waals surface area contributed by atoms with Crippen LogP contribution in [-0.2, 0) is 38.1 Å². The van der Waals surface area contributed by atoms with Gasteiger partial charge in [-0.1, -0.05) is 0 Å². The van der Waals surface area contributed by atoms with Gasteiger partial charge in [0.1, 0.15) is 11.2 Å². The third-order valence-corrected chi connectivity index (χ3v) is 3.90. The Bertz CT molecular complexity index is 652. The van der Waals surface area contributed by atoms with Crippen LogP contribution >= 0.6 is 0 Å². The molecule has 9 heteroatoms. The van der Waals surface area contributed by atoms with Gasteiger partial charge in [-0.3, -0.25) is 0 Å². The van der Waals surface area contributed by atoms with E-state index in [1.165, 1.54) is 20.8 Å². The van der Waals surface area contributed by atoms with Gasteiger partial charge >= 0.3 is 17.9 Å². The first kappa shape index (κ1) is 25.3. The summed E-state index contributed by atoms with van der Waals surface area (Å²) in [5.41, 5.74) is -7.12. The van der Waals surface area contributed by atoms with E-state index in [0.29, 0.717) is 0 Å². The molecule has 1 saturated heterocycles. The fourth-order valence-electron chi connectivity index (χ4n) is 2.88. The van der Waals surface area contributed by atoms with Gasteiger partial charge in [0.15, 0.2) is 5.79 Å². The number of hydrogen-bond acceptors (Lipinski definition) is 9. The van der Waals surface area contributed by atoms with E-state index in [0.717, 1.165) is 6.92 Å². The monoisotopic (exact) mass is 418 g/mol. The van der Waals surface area contributed by atoms with E-state index in [1.54, 1.807) is 41.5 Å². The van der Waals surface area contributed by atoms with Gasteiger partial charge in [0.2, 0.25) is 17.3 Å². The quantitative estimate of drug-likeness (QED) is 0.527. The maximum atomic E-state index is 13.3. The second kappa shape index (κ2) is 7.85. The SMILES string of the molecule is CCOC(=O)[C@](C)(O)[C@]1(C(=O)OC(C)(C)C)OC(C)(C)O[C@H]1C(=O)OC(C)(C)C. The summed E-state index contributed by atoms with van der Waals surface area (Å²) in [6.07, 6.45) is -1.79. The Hall–Kier alpha value is -1.71. The summed E-state index contributed by atoms with van der Waals surface area (Å²) in [6, 6.07) is 0. The molecule has 29 heavy (non-hydrogen) atoms. The van der Waals surface area contributed by atoms with Gasteiger partial charge in [-0.05, 0) is 69.2 Å². The standard InChI is InChI=1S/C20H34O9/c1-11-25-14(22)19(10,24)20(15(23)28-17(5,6)7)12(26-18(8,9)29-20)13(21)27-16(2,3)4/h12,24H,11H2,1-10H3/t12-,19-,20-/m0/s1. The normalized spacial score (nSPS) is 26.4. The second-order valence-electron chi connectivity index (χ2n) is 9.56. The Labute approximate surface area is 172 Å². The third-order valence-electron chi connectivity index (χ3n) is 3.90. The van der Waals surface area contributed by atoms with Crippen molar-refractivity contribution in [3.05, 3.63) is 0 Å². The molecule has 1 aliphatic rings. The summed E-state index contributed by atoms with van der Waals surface area (Å²) >= 11 is 0. The molecule has 0 unspecified atom stereocenters. The molecule has 1 N–H and O–H groups in total. The molecule has 0 bridgehead atoms. The maximum Gasteiger partial charge on any atom is 0.346 e. The van der Waals surface area contributed by atoms with Crippen LogP contribution in [0.2, 0.25) is 0 Å². The summed E-state index contributed by atoms with van der Waals surface area (Å²) in [5.74, 6) is -4.82. The first-order valence-corrected chi connectivity index (χ1v) is 9.53. The summed E-state index contributed by atoms with van der Waals surface area (Å²) < 4.78 is 27.2. The summed E-state index contributed by atoms with van der Waals surface area (Å²) in [7, 11) is 0. The number of hydrogen-bond donors (Lipinski definition) is 1. The number of aliphatic hydroxyl groups is 1. The lowest BCUT2D eigenvalue weighted by molar-refractivity contribution is -0.238. The van der Waals surface area contributed by atoms with Crippen molar-refractivity contribution in [1.82, 2.24) is 0 Å². The molecule has 0 aromatic heterocycles. The van der Waals surface area contributed by atoms with Crippen molar-refractivity contribution in [2.45, 2.75) is 104 Å². The molecule has 0 aromatic rings. The van der Waals surface area contributed by atoms with Crippen molar-refractivity contribution in [2.75, 3.05) is 6.61 Å². The molecular formula is C20H34O9. The van der Waals surface area contributed by atoms with Crippen LogP contribution in [0.25, 0.3) is 0 Å². The number of ether oxygens (including phenoxy) is 5. The Balaban J connectivity index is 3.67. The largest absolute Gasteiger partial charge is 0.464 e. The van der Waals surface area contributed by atoms with Crippen LogP contribution in [0.3, 0.4) is 0 Å². The van der Waals surface area contributed by atoms with Crippen LogP contribution < -0.4 is 0 Å². The second-order valence-corrected chi connectivity index (χ2v) is 9.56. The number of carbonyl (C=O) groups is 3. The van der Waals surface area contributed by atoms with Crippen molar-refractivity contribution in [2.24, 2.45) is 0 Å². The molecule has 0 radical (unpaired) electrons. The molecule has 9 nitrogen and oxygen atoms in total. The minimum absolute atomic E-state index is 0.0687. The zero-order valence-electron chi connectivity index (χ0n) is 19.0. The molecule has 0 amide bonds. The lowest BCUT2D eigenvalue weighted by Gasteiger charge is -2.41.